The van der Waals surface area contributed by atoms with Crippen molar-refractivity contribution in [2.75, 3.05) is 13.3 Å². The molecule has 0 aromatic carbocycles. The Morgan fingerprint density at radius 2 is 2.00 bits per heavy atom. The highest BCUT2D eigenvalue weighted by atomic mass is 28.3. The number of rotatable bonds is 4. The van der Waals surface area contributed by atoms with Crippen molar-refractivity contribution in [2.24, 2.45) is 5.73 Å². The fraction of sp³-hybridized carbons (Fsp3) is 1.00. The van der Waals surface area contributed by atoms with Crippen molar-refractivity contribution in [2.45, 2.75) is 38.4 Å². The highest BCUT2D eigenvalue weighted by Crippen LogP contribution is 2.26. The molecule has 0 heterocycles. The molecule has 12 heavy (non-hydrogen) atoms. The number of hydrogen-bond acceptors (Lipinski definition) is 2. The first-order chi connectivity index (χ1) is 5.38. The molecule has 2 N–H and O–H groups in total. The molecule has 0 fully saturated rings. The zero-order chi connectivity index (χ0) is 9.78. The van der Waals surface area contributed by atoms with Crippen LogP contribution in [0.25, 0.3) is 0 Å². The topological polar surface area (TPSA) is 35.2 Å². The maximum absolute atomic E-state index is 11.9. The third-order valence-corrected chi connectivity index (χ3v) is 5.11. The number of alkyl halides is 1. The summed E-state index contributed by atoms with van der Waals surface area (Å²) in [5.74, 6) is 0. The van der Waals surface area contributed by atoms with E-state index in [4.69, 9.17) is 10.2 Å². The van der Waals surface area contributed by atoms with Gasteiger partial charge in [-0.3, -0.25) is 0 Å². The lowest BCUT2D eigenvalue weighted by Crippen LogP contribution is -2.34. The molecule has 0 aliphatic rings. The molecular weight excluding hydrogens is 173 g/mol. The minimum Gasteiger partial charge on any atom is -0.418 e. The third kappa shape index (κ3) is 4.85. The second-order valence-electron chi connectivity index (χ2n) is 4.26. The molecule has 1 unspecified atom stereocenters. The lowest BCUT2D eigenvalue weighted by molar-refractivity contribution is 0.254. The Bertz CT molecular complexity index is 127. The van der Waals surface area contributed by atoms with Crippen molar-refractivity contribution in [3.05, 3.63) is 0 Å². The molecule has 2 nitrogen and oxygen atoms in total. The van der Waals surface area contributed by atoms with Crippen LogP contribution in [0.4, 0.5) is 4.39 Å². The summed E-state index contributed by atoms with van der Waals surface area (Å²) in [6, 6.07) is -0.442. The van der Waals surface area contributed by atoms with Gasteiger partial charge in [0.1, 0.15) is 6.67 Å². The van der Waals surface area contributed by atoms with Gasteiger partial charge in [-0.25, -0.2) is 4.39 Å². The molecule has 4 heteroatoms. The maximum atomic E-state index is 11.9. The van der Waals surface area contributed by atoms with Gasteiger partial charge in [0.25, 0.3) is 0 Å². The predicted molar refractivity (Wildman–Crippen MR) is 52.6 cm³/mol. The molecule has 0 amide bonds. The fourth-order valence-corrected chi connectivity index (χ4v) is 1.60. The van der Waals surface area contributed by atoms with Gasteiger partial charge in [-0.05, 0) is 11.6 Å². The second kappa shape index (κ2) is 4.94. The molecule has 0 aromatic rings. The fourth-order valence-electron chi connectivity index (χ4n) is 0.562. The Morgan fingerprint density at radius 1 is 1.50 bits per heavy atom. The van der Waals surface area contributed by atoms with Crippen molar-refractivity contribution in [3.8, 4) is 0 Å². The van der Waals surface area contributed by atoms with E-state index < -0.39 is 21.8 Å². The predicted octanol–water partition coefficient (Wildman–Crippen LogP) is 1.45. The normalized spacial score (nSPS) is 17.5. The van der Waals surface area contributed by atoms with E-state index in [0.717, 1.165) is 0 Å². The van der Waals surface area contributed by atoms with E-state index in [2.05, 4.69) is 27.3 Å². The summed E-state index contributed by atoms with van der Waals surface area (Å²) in [5, 5.41) is 0.232. The van der Waals surface area contributed by atoms with Crippen LogP contribution in [0.5, 0.6) is 0 Å². The lowest BCUT2D eigenvalue weighted by Gasteiger charge is -2.26. The zero-order valence-corrected chi connectivity index (χ0v) is 9.59. The number of nitrogens with two attached hydrogens (primary N) is 1. The van der Waals surface area contributed by atoms with Gasteiger partial charge in [-0.1, -0.05) is 20.8 Å². The van der Waals surface area contributed by atoms with Crippen molar-refractivity contribution < 1.29 is 8.82 Å². The van der Waals surface area contributed by atoms with Crippen LogP contribution in [-0.2, 0) is 4.43 Å². The van der Waals surface area contributed by atoms with Crippen LogP contribution in [0.1, 0.15) is 20.8 Å². The van der Waals surface area contributed by atoms with E-state index >= 15 is 0 Å². The van der Waals surface area contributed by atoms with Crippen molar-refractivity contribution in [3.63, 3.8) is 0 Å². The quantitative estimate of drug-likeness (QED) is 0.686. The van der Waals surface area contributed by atoms with E-state index in [0.29, 0.717) is 6.61 Å². The summed E-state index contributed by atoms with van der Waals surface area (Å²) in [6.07, 6.45) is 0. The molecule has 0 rings (SSSR count). The van der Waals surface area contributed by atoms with Gasteiger partial charge in [0.15, 0.2) is 9.04 Å². The van der Waals surface area contributed by atoms with E-state index in [1.165, 1.54) is 0 Å². The molecule has 0 saturated carbocycles. The van der Waals surface area contributed by atoms with Crippen LogP contribution in [0.3, 0.4) is 0 Å². The lowest BCUT2D eigenvalue weighted by atomic mass is 10.3. The molecule has 0 aliphatic heterocycles. The Hall–Kier alpha value is 0.0669. The highest BCUT2D eigenvalue weighted by molar-refractivity contribution is 6.53. The van der Waals surface area contributed by atoms with Crippen LogP contribution in [0.2, 0.25) is 11.6 Å². The summed E-state index contributed by atoms with van der Waals surface area (Å²) < 4.78 is 17.5. The molecule has 0 saturated heterocycles. The van der Waals surface area contributed by atoms with E-state index in [-0.39, 0.29) is 5.04 Å². The molecule has 0 radical (unpaired) electrons. The van der Waals surface area contributed by atoms with Gasteiger partial charge in [-0.2, -0.15) is 0 Å². The zero-order valence-electron chi connectivity index (χ0n) is 8.43. The maximum Gasteiger partial charge on any atom is 0.179 e. The van der Waals surface area contributed by atoms with Gasteiger partial charge < -0.3 is 10.2 Å². The molecule has 2 atom stereocenters. The molecule has 0 aliphatic carbocycles. The van der Waals surface area contributed by atoms with Gasteiger partial charge in [0.2, 0.25) is 0 Å². The summed E-state index contributed by atoms with van der Waals surface area (Å²) >= 11 is 0. The largest absolute Gasteiger partial charge is 0.418 e. The van der Waals surface area contributed by atoms with Crippen LogP contribution in [0.15, 0.2) is 0 Å². The van der Waals surface area contributed by atoms with Gasteiger partial charge in [0, 0.05) is 0 Å². The Balaban J connectivity index is 3.64. The highest BCUT2D eigenvalue weighted by Gasteiger charge is 2.23. The van der Waals surface area contributed by atoms with Gasteiger partial charge in [-0.15, -0.1) is 0 Å². The van der Waals surface area contributed by atoms with Crippen molar-refractivity contribution in [1.29, 1.82) is 0 Å². The monoisotopic (exact) mass is 193 g/mol. The Kier molecular flexibility index (Phi) is 4.97. The summed E-state index contributed by atoms with van der Waals surface area (Å²) in [4.78, 5) is 0. The van der Waals surface area contributed by atoms with E-state index in [9.17, 15) is 4.39 Å². The minimum atomic E-state index is -1.21. The minimum absolute atomic E-state index is 0.232. The average Bonchev–Trinajstić information content (AvgIpc) is 1.97. The standard InChI is InChI=1S/C8H20FNOSi/c1-8(2,3)12(4)11-6-7(10)5-9/h7,12H,5-6,10H2,1-4H3/t7-,12?/m1/s1. The summed E-state index contributed by atoms with van der Waals surface area (Å²) in [5.41, 5.74) is 5.39. The van der Waals surface area contributed by atoms with Gasteiger partial charge >= 0.3 is 0 Å². The molecular formula is C8H20FNOSi. The Morgan fingerprint density at radius 3 is 2.33 bits per heavy atom. The van der Waals surface area contributed by atoms with Crippen LogP contribution in [0, 0.1) is 0 Å². The first-order valence-corrected chi connectivity index (χ1v) is 6.51. The Labute approximate surface area is 76.0 Å². The first-order valence-electron chi connectivity index (χ1n) is 4.31. The van der Waals surface area contributed by atoms with E-state index in [1.807, 2.05) is 0 Å². The van der Waals surface area contributed by atoms with Crippen LogP contribution in [-0.4, -0.2) is 28.4 Å². The van der Waals surface area contributed by atoms with Crippen molar-refractivity contribution >= 4 is 9.04 Å². The molecule has 0 aromatic heterocycles. The third-order valence-electron chi connectivity index (χ3n) is 1.98. The summed E-state index contributed by atoms with van der Waals surface area (Å²) in [6.45, 7) is 8.41. The number of hydrogen-bond donors (Lipinski definition) is 1. The first kappa shape index (κ1) is 12.1. The van der Waals surface area contributed by atoms with Crippen molar-refractivity contribution in [1.82, 2.24) is 0 Å². The molecule has 0 bridgehead atoms. The van der Waals surface area contributed by atoms with Gasteiger partial charge in [0.05, 0.1) is 12.6 Å². The number of halogens is 1. The van der Waals surface area contributed by atoms with E-state index in [1.54, 1.807) is 0 Å². The summed E-state index contributed by atoms with van der Waals surface area (Å²) in [7, 11) is -1.21. The molecule has 74 valence electrons. The average molecular weight is 193 g/mol. The van der Waals surface area contributed by atoms with Crippen LogP contribution < -0.4 is 5.73 Å². The second-order valence-corrected chi connectivity index (χ2v) is 7.61. The molecule has 0 spiro atoms. The SMILES string of the molecule is C[SiH](OC[C@H](N)CF)C(C)(C)C. The smallest absolute Gasteiger partial charge is 0.179 e. The van der Waals surface area contributed by atoms with Crippen LogP contribution >= 0.6 is 0 Å².